The molecule has 0 radical (unpaired) electrons. The van der Waals surface area contributed by atoms with Crippen molar-refractivity contribution >= 4 is 14.0 Å². The molecule has 0 heterocycles. The van der Waals surface area contributed by atoms with E-state index in [1.807, 2.05) is 30.3 Å². The Bertz CT molecular complexity index is 476. The molecule has 2 aromatic carbocycles. The van der Waals surface area contributed by atoms with Gasteiger partial charge in [0.1, 0.15) is 11.5 Å². The van der Waals surface area contributed by atoms with Crippen molar-refractivity contribution in [2.45, 2.75) is 0 Å². The van der Waals surface area contributed by atoms with Crippen molar-refractivity contribution in [2.75, 3.05) is 0 Å². The van der Waals surface area contributed by atoms with Crippen LogP contribution in [0, 0.1) is 0 Å². The molecule has 0 aliphatic heterocycles. The van der Waals surface area contributed by atoms with Gasteiger partial charge in [0.2, 0.25) is 0 Å². The van der Waals surface area contributed by atoms with Crippen LogP contribution in [0.5, 0.6) is 11.5 Å². The maximum Gasteiger partial charge on any atom is 0.528 e. The third-order valence-corrected chi connectivity index (χ3v) is 3.33. The highest BCUT2D eigenvalue weighted by atomic mass is 28.4. The number of rotatable bonds is 3. The van der Waals surface area contributed by atoms with Crippen LogP contribution in [-0.4, -0.2) is 23.2 Å². The molecule has 0 unspecified atom stereocenters. The summed E-state index contributed by atoms with van der Waals surface area (Å²) >= 11 is 0. The van der Waals surface area contributed by atoms with Crippen LogP contribution in [0.2, 0.25) is 0 Å². The number of hydrogen-bond acceptors (Lipinski definition) is 4. The SMILES string of the molecule is O[Si](O)(O)c1ccc(Oc2ccccc2)cc1. The van der Waals surface area contributed by atoms with Gasteiger partial charge in [0, 0.05) is 5.19 Å². The molecule has 0 fully saturated rings. The zero-order valence-corrected chi connectivity index (χ0v) is 9.95. The van der Waals surface area contributed by atoms with Crippen molar-refractivity contribution in [1.82, 2.24) is 0 Å². The average molecular weight is 248 g/mol. The summed E-state index contributed by atoms with van der Waals surface area (Å²) in [6.07, 6.45) is 0. The summed E-state index contributed by atoms with van der Waals surface area (Å²) in [6.45, 7) is 0. The van der Waals surface area contributed by atoms with Crippen molar-refractivity contribution in [3.8, 4) is 11.5 Å². The quantitative estimate of drug-likeness (QED) is 0.696. The number of para-hydroxylation sites is 1. The Morgan fingerprint density at radius 3 is 1.76 bits per heavy atom. The lowest BCUT2D eigenvalue weighted by Gasteiger charge is -2.10. The molecule has 0 saturated carbocycles. The van der Waals surface area contributed by atoms with Crippen molar-refractivity contribution in [1.29, 1.82) is 0 Å². The fourth-order valence-corrected chi connectivity index (χ4v) is 1.99. The molecule has 88 valence electrons. The van der Waals surface area contributed by atoms with Gasteiger partial charge in [0.05, 0.1) is 0 Å². The van der Waals surface area contributed by atoms with Gasteiger partial charge in [0.25, 0.3) is 0 Å². The van der Waals surface area contributed by atoms with Crippen LogP contribution in [0.1, 0.15) is 0 Å². The van der Waals surface area contributed by atoms with Crippen molar-refractivity contribution in [3.05, 3.63) is 54.6 Å². The Balaban J connectivity index is 2.14. The highest BCUT2D eigenvalue weighted by Gasteiger charge is 2.29. The largest absolute Gasteiger partial charge is 0.528 e. The van der Waals surface area contributed by atoms with Crippen LogP contribution in [0.3, 0.4) is 0 Å². The van der Waals surface area contributed by atoms with Gasteiger partial charge in [-0.05, 0) is 24.3 Å². The molecule has 0 spiro atoms. The summed E-state index contributed by atoms with van der Waals surface area (Å²) in [4.78, 5) is 27.2. The first-order valence-electron chi connectivity index (χ1n) is 5.06. The Morgan fingerprint density at radius 2 is 1.24 bits per heavy atom. The Kier molecular flexibility index (Phi) is 3.25. The molecule has 0 saturated heterocycles. The summed E-state index contributed by atoms with van der Waals surface area (Å²) in [5.74, 6) is 1.26. The zero-order chi connectivity index (χ0) is 12.3. The Hall–Kier alpha value is -1.66. The molecule has 0 bridgehead atoms. The molecule has 2 rings (SSSR count). The molecule has 3 N–H and O–H groups in total. The van der Waals surface area contributed by atoms with E-state index in [1.165, 1.54) is 12.1 Å². The topological polar surface area (TPSA) is 69.9 Å². The predicted molar refractivity (Wildman–Crippen MR) is 65.0 cm³/mol. The maximum absolute atomic E-state index is 9.08. The third-order valence-electron chi connectivity index (χ3n) is 2.22. The molecule has 0 aliphatic carbocycles. The van der Waals surface area contributed by atoms with Gasteiger partial charge in [-0.3, -0.25) is 0 Å². The Morgan fingerprint density at radius 1 is 0.706 bits per heavy atom. The molecule has 4 nitrogen and oxygen atoms in total. The third kappa shape index (κ3) is 3.15. The van der Waals surface area contributed by atoms with E-state index in [1.54, 1.807) is 12.1 Å². The molecule has 0 atom stereocenters. The minimum absolute atomic E-state index is 0.123. The van der Waals surface area contributed by atoms with Gasteiger partial charge < -0.3 is 19.1 Å². The minimum atomic E-state index is -4.20. The number of hydrogen-bond donors (Lipinski definition) is 3. The summed E-state index contributed by atoms with van der Waals surface area (Å²) < 4.78 is 5.52. The van der Waals surface area contributed by atoms with Crippen LogP contribution in [0.25, 0.3) is 0 Å². The van der Waals surface area contributed by atoms with Gasteiger partial charge >= 0.3 is 8.80 Å². The second-order valence-electron chi connectivity index (χ2n) is 3.57. The van der Waals surface area contributed by atoms with Crippen LogP contribution in [0.4, 0.5) is 0 Å². The van der Waals surface area contributed by atoms with Crippen LogP contribution < -0.4 is 9.92 Å². The second-order valence-corrected chi connectivity index (χ2v) is 5.42. The van der Waals surface area contributed by atoms with Gasteiger partial charge in [-0.15, -0.1) is 0 Å². The maximum atomic E-state index is 9.08. The number of benzene rings is 2. The van der Waals surface area contributed by atoms with Gasteiger partial charge in [-0.25, -0.2) is 0 Å². The van der Waals surface area contributed by atoms with Crippen LogP contribution >= 0.6 is 0 Å². The van der Waals surface area contributed by atoms with E-state index in [0.29, 0.717) is 11.5 Å². The smallest absolute Gasteiger partial charge is 0.457 e. The molecular weight excluding hydrogens is 236 g/mol. The van der Waals surface area contributed by atoms with E-state index >= 15 is 0 Å². The summed E-state index contributed by atoms with van der Waals surface area (Å²) in [7, 11) is -4.20. The first-order valence-corrected chi connectivity index (χ1v) is 6.90. The van der Waals surface area contributed by atoms with E-state index in [-0.39, 0.29) is 5.19 Å². The highest BCUT2D eigenvalue weighted by Crippen LogP contribution is 2.19. The summed E-state index contributed by atoms with van der Waals surface area (Å²) in [6, 6.07) is 15.3. The number of ether oxygens (including phenoxy) is 1. The van der Waals surface area contributed by atoms with Crippen LogP contribution in [-0.2, 0) is 0 Å². The first kappa shape index (κ1) is 11.8. The molecule has 0 aliphatic rings. The van der Waals surface area contributed by atoms with Crippen LogP contribution in [0.15, 0.2) is 54.6 Å². The zero-order valence-electron chi connectivity index (χ0n) is 8.95. The molecule has 0 aromatic heterocycles. The average Bonchev–Trinajstić information content (AvgIpc) is 2.30. The molecule has 0 amide bonds. The van der Waals surface area contributed by atoms with E-state index in [2.05, 4.69) is 0 Å². The molecular formula is C12H12O4Si. The van der Waals surface area contributed by atoms with Gasteiger partial charge in [-0.2, -0.15) is 0 Å². The standard InChI is InChI=1S/C12H12O4Si/c13-17(14,15)12-8-6-11(7-9-12)16-10-4-2-1-3-5-10/h1-9,13-15H. The van der Waals surface area contributed by atoms with Crippen molar-refractivity contribution in [2.24, 2.45) is 0 Å². The first-order chi connectivity index (χ1) is 8.05. The summed E-state index contributed by atoms with van der Waals surface area (Å²) in [5.41, 5.74) is 0. The van der Waals surface area contributed by atoms with Gasteiger partial charge in [-0.1, -0.05) is 30.3 Å². The normalized spacial score (nSPS) is 11.2. The lowest BCUT2D eigenvalue weighted by molar-refractivity contribution is 0.249. The van der Waals surface area contributed by atoms with E-state index in [4.69, 9.17) is 19.1 Å². The minimum Gasteiger partial charge on any atom is -0.457 e. The van der Waals surface area contributed by atoms with E-state index in [9.17, 15) is 0 Å². The predicted octanol–water partition coefficient (Wildman–Crippen LogP) is 0.602. The van der Waals surface area contributed by atoms with E-state index < -0.39 is 8.80 Å². The van der Waals surface area contributed by atoms with Gasteiger partial charge in [0.15, 0.2) is 0 Å². The highest BCUT2D eigenvalue weighted by molar-refractivity contribution is 6.71. The molecule has 5 heteroatoms. The van der Waals surface area contributed by atoms with Crippen molar-refractivity contribution < 1.29 is 19.1 Å². The second kappa shape index (κ2) is 4.68. The van der Waals surface area contributed by atoms with Crippen molar-refractivity contribution in [3.63, 3.8) is 0 Å². The lowest BCUT2D eigenvalue weighted by Crippen LogP contribution is -2.48. The molecule has 17 heavy (non-hydrogen) atoms. The lowest BCUT2D eigenvalue weighted by atomic mass is 10.3. The Labute approximate surface area is 99.7 Å². The summed E-state index contributed by atoms with van der Waals surface area (Å²) in [5, 5.41) is 0.123. The fourth-order valence-electron chi connectivity index (χ4n) is 1.37. The molecule has 2 aromatic rings. The fraction of sp³-hybridized carbons (Fsp3) is 0. The van der Waals surface area contributed by atoms with E-state index in [0.717, 1.165) is 0 Å². The monoisotopic (exact) mass is 248 g/mol.